The molecule has 3 amide bonds. The van der Waals surface area contributed by atoms with E-state index >= 15 is 0 Å². The van der Waals surface area contributed by atoms with Crippen LogP contribution in [0.3, 0.4) is 0 Å². The van der Waals surface area contributed by atoms with Crippen molar-refractivity contribution >= 4 is 11.9 Å². The molecular weight excluding hydrogens is 254 g/mol. The molecule has 2 fully saturated rings. The Labute approximate surface area is 121 Å². The Morgan fingerprint density at radius 2 is 1.70 bits per heavy atom. The van der Waals surface area contributed by atoms with E-state index in [1.807, 2.05) is 0 Å². The van der Waals surface area contributed by atoms with Crippen molar-refractivity contribution in [1.29, 1.82) is 0 Å². The topological polar surface area (TPSA) is 61.4 Å². The summed E-state index contributed by atoms with van der Waals surface area (Å²) in [5, 5.41) is 5.33. The zero-order chi connectivity index (χ0) is 14.5. The minimum Gasteiger partial charge on any atom is -0.335 e. The number of hydrogen-bond donors (Lipinski definition) is 2. The summed E-state index contributed by atoms with van der Waals surface area (Å²) in [5.41, 5.74) is 0. The summed E-state index contributed by atoms with van der Waals surface area (Å²) in [6, 6.07) is -0.0853. The van der Waals surface area contributed by atoms with Crippen molar-refractivity contribution in [2.24, 2.45) is 11.8 Å². The molecule has 0 unspecified atom stereocenters. The van der Waals surface area contributed by atoms with E-state index in [1.54, 1.807) is 0 Å². The van der Waals surface area contributed by atoms with Crippen molar-refractivity contribution in [2.45, 2.75) is 52.0 Å². The molecule has 1 aliphatic heterocycles. The number of likely N-dealkylation sites (tertiary alicyclic amines) is 1. The molecule has 5 nitrogen and oxygen atoms in total. The molecule has 1 heterocycles. The van der Waals surface area contributed by atoms with Gasteiger partial charge in [0.2, 0.25) is 5.91 Å². The summed E-state index contributed by atoms with van der Waals surface area (Å²) in [6.07, 6.45) is 5.62. The largest absolute Gasteiger partial charge is 0.335 e. The Bertz CT molecular complexity index is 343. The van der Waals surface area contributed by atoms with Crippen molar-refractivity contribution < 1.29 is 9.59 Å². The molecule has 1 saturated heterocycles. The van der Waals surface area contributed by atoms with Gasteiger partial charge in [-0.15, -0.1) is 0 Å². The number of urea groups is 1. The average Bonchev–Trinajstić information content (AvgIpc) is 2.79. The number of amides is 3. The van der Waals surface area contributed by atoms with Crippen molar-refractivity contribution in [3.05, 3.63) is 0 Å². The van der Waals surface area contributed by atoms with Crippen LogP contribution in [0.15, 0.2) is 0 Å². The second kappa shape index (κ2) is 7.07. The number of piperidine rings is 1. The van der Waals surface area contributed by atoms with Crippen LogP contribution in [0.2, 0.25) is 0 Å². The summed E-state index contributed by atoms with van der Waals surface area (Å²) in [5.74, 6) is 1.06. The molecule has 0 radical (unpaired) electrons. The van der Waals surface area contributed by atoms with Gasteiger partial charge in [0.15, 0.2) is 0 Å². The molecule has 2 rings (SSSR count). The second-order valence-corrected chi connectivity index (χ2v) is 6.64. The number of nitrogens with zero attached hydrogens (tertiary/aromatic N) is 1. The van der Waals surface area contributed by atoms with Gasteiger partial charge in [-0.05, 0) is 31.1 Å². The molecular formula is C15H27N3O2. The zero-order valence-electron chi connectivity index (χ0n) is 12.7. The lowest BCUT2D eigenvalue weighted by atomic mass is 9.92. The van der Waals surface area contributed by atoms with E-state index in [0.29, 0.717) is 18.4 Å². The molecule has 0 aromatic carbocycles. The maximum absolute atomic E-state index is 11.9. The highest BCUT2D eigenvalue weighted by Crippen LogP contribution is 2.20. The predicted octanol–water partition coefficient (Wildman–Crippen LogP) is 1.73. The number of carbonyl (C=O) groups is 2. The number of carbonyl (C=O) groups excluding carboxylic acids is 2. The van der Waals surface area contributed by atoms with Gasteiger partial charge in [-0.1, -0.05) is 26.7 Å². The normalized spacial score (nSPS) is 28.3. The summed E-state index contributed by atoms with van der Waals surface area (Å²) in [4.78, 5) is 25.8. The first-order valence-corrected chi connectivity index (χ1v) is 7.85. The van der Waals surface area contributed by atoms with Gasteiger partial charge in [0.25, 0.3) is 0 Å². The van der Waals surface area contributed by atoms with Gasteiger partial charge >= 0.3 is 6.03 Å². The molecule has 1 aliphatic carbocycles. The third kappa shape index (κ3) is 4.78. The predicted molar refractivity (Wildman–Crippen MR) is 78.3 cm³/mol. The molecule has 2 aliphatic rings. The van der Waals surface area contributed by atoms with Gasteiger partial charge in [0, 0.05) is 19.1 Å². The van der Waals surface area contributed by atoms with Gasteiger partial charge < -0.3 is 5.32 Å². The van der Waals surface area contributed by atoms with Crippen LogP contribution in [-0.4, -0.2) is 42.5 Å². The SMILES string of the molecule is C[C@@H]1C[C@@H](C)CN(CC(=O)NC(=O)NC2CCCC2)C1. The first-order chi connectivity index (χ1) is 9.52. The molecule has 0 aromatic heterocycles. The number of hydrogen-bond acceptors (Lipinski definition) is 3. The fourth-order valence-corrected chi connectivity index (χ4v) is 3.58. The molecule has 0 spiro atoms. The standard InChI is InChI=1S/C15H27N3O2/c1-11-7-12(2)9-18(8-11)10-14(19)17-15(20)16-13-5-3-4-6-13/h11-13H,3-10H2,1-2H3,(H2,16,17,19,20)/t11-,12-/m1/s1. The average molecular weight is 281 g/mol. The maximum Gasteiger partial charge on any atom is 0.321 e. The molecule has 5 heteroatoms. The smallest absolute Gasteiger partial charge is 0.321 e. The van der Waals surface area contributed by atoms with Crippen LogP contribution in [0.25, 0.3) is 0 Å². The van der Waals surface area contributed by atoms with Crippen LogP contribution < -0.4 is 10.6 Å². The van der Waals surface area contributed by atoms with Crippen LogP contribution in [-0.2, 0) is 4.79 Å². The van der Waals surface area contributed by atoms with Crippen LogP contribution in [0.1, 0.15) is 46.0 Å². The third-order valence-electron chi connectivity index (χ3n) is 4.26. The van der Waals surface area contributed by atoms with Gasteiger partial charge in [-0.3, -0.25) is 15.0 Å². The van der Waals surface area contributed by atoms with E-state index in [-0.39, 0.29) is 18.0 Å². The number of imide groups is 1. The van der Waals surface area contributed by atoms with Crippen LogP contribution in [0.5, 0.6) is 0 Å². The summed E-state index contributed by atoms with van der Waals surface area (Å²) >= 11 is 0. The Morgan fingerprint density at radius 3 is 2.30 bits per heavy atom. The van der Waals surface area contributed by atoms with Crippen LogP contribution in [0, 0.1) is 11.8 Å². The van der Waals surface area contributed by atoms with E-state index in [0.717, 1.165) is 25.9 Å². The minimum atomic E-state index is -0.333. The lowest BCUT2D eigenvalue weighted by molar-refractivity contribution is -0.121. The van der Waals surface area contributed by atoms with Crippen molar-refractivity contribution in [3.8, 4) is 0 Å². The van der Waals surface area contributed by atoms with Crippen molar-refractivity contribution in [1.82, 2.24) is 15.5 Å². The van der Waals surface area contributed by atoms with E-state index in [1.165, 1.54) is 19.3 Å². The molecule has 1 saturated carbocycles. The quantitative estimate of drug-likeness (QED) is 0.828. The molecule has 2 atom stereocenters. The first kappa shape index (κ1) is 15.3. The Kier molecular flexibility index (Phi) is 5.40. The van der Waals surface area contributed by atoms with Gasteiger partial charge in [-0.25, -0.2) is 4.79 Å². The van der Waals surface area contributed by atoms with Crippen molar-refractivity contribution in [3.63, 3.8) is 0 Å². The second-order valence-electron chi connectivity index (χ2n) is 6.64. The number of nitrogens with one attached hydrogen (secondary N) is 2. The molecule has 114 valence electrons. The Morgan fingerprint density at radius 1 is 1.10 bits per heavy atom. The van der Waals surface area contributed by atoms with Gasteiger partial charge in [0.1, 0.15) is 0 Å². The molecule has 0 bridgehead atoms. The molecule has 0 aromatic rings. The highest BCUT2D eigenvalue weighted by atomic mass is 16.2. The number of rotatable bonds is 3. The monoisotopic (exact) mass is 281 g/mol. The minimum absolute atomic E-state index is 0.193. The Hall–Kier alpha value is -1.10. The Balaban J connectivity index is 1.70. The third-order valence-corrected chi connectivity index (χ3v) is 4.26. The fourth-order valence-electron chi connectivity index (χ4n) is 3.58. The fraction of sp³-hybridized carbons (Fsp3) is 0.867. The van der Waals surface area contributed by atoms with E-state index in [2.05, 4.69) is 29.4 Å². The van der Waals surface area contributed by atoms with E-state index in [4.69, 9.17) is 0 Å². The summed E-state index contributed by atoms with van der Waals surface area (Å²) < 4.78 is 0. The summed E-state index contributed by atoms with van der Waals surface area (Å²) in [7, 11) is 0. The highest BCUT2D eigenvalue weighted by Gasteiger charge is 2.24. The van der Waals surface area contributed by atoms with Crippen LogP contribution in [0.4, 0.5) is 4.79 Å². The summed E-state index contributed by atoms with van der Waals surface area (Å²) in [6.45, 7) is 6.65. The molecule has 2 N–H and O–H groups in total. The van der Waals surface area contributed by atoms with E-state index in [9.17, 15) is 9.59 Å². The maximum atomic E-state index is 11.9. The van der Waals surface area contributed by atoms with Gasteiger partial charge in [-0.2, -0.15) is 0 Å². The lowest BCUT2D eigenvalue weighted by Crippen LogP contribution is -2.49. The first-order valence-electron chi connectivity index (χ1n) is 7.85. The highest BCUT2D eigenvalue weighted by molar-refractivity contribution is 5.95. The molecule has 20 heavy (non-hydrogen) atoms. The van der Waals surface area contributed by atoms with Crippen molar-refractivity contribution in [2.75, 3.05) is 19.6 Å². The van der Waals surface area contributed by atoms with Gasteiger partial charge in [0.05, 0.1) is 6.54 Å². The lowest BCUT2D eigenvalue weighted by Gasteiger charge is -2.34. The van der Waals surface area contributed by atoms with Crippen LogP contribution >= 0.6 is 0 Å². The zero-order valence-corrected chi connectivity index (χ0v) is 12.7. The van der Waals surface area contributed by atoms with E-state index < -0.39 is 0 Å².